The first-order valence-electron chi connectivity index (χ1n) is 7.41. The van der Waals surface area contributed by atoms with Crippen molar-refractivity contribution in [2.24, 2.45) is 5.14 Å². The molecule has 1 aliphatic rings. The second kappa shape index (κ2) is 6.28. The first-order chi connectivity index (χ1) is 11.3. The molecule has 1 aliphatic heterocycles. The van der Waals surface area contributed by atoms with Gasteiger partial charge in [-0.2, -0.15) is 4.31 Å². The van der Waals surface area contributed by atoms with Crippen LogP contribution in [0.5, 0.6) is 0 Å². The first kappa shape index (κ1) is 17.1. The van der Waals surface area contributed by atoms with Gasteiger partial charge in [-0.3, -0.25) is 0 Å². The molecule has 1 fully saturated rings. The van der Waals surface area contributed by atoms with Crippen LogP contribution in [0.25, 0.3) is 0 Å². The summed E-state index contributed by atoms with van der Waals surface area (Å²) < 4.78 is 49.7. The molecule has 2 heterocycles. The zero-order valence-corrected chi connectivity index (χ0v) is 14.4. The van der Waals surface area contributed by atoms with Crippen molar-refractivity contribution in [1.29, 1.82) is 0 Å². The third kappa shape index (κ3) is 3.36. The summed E-state index contributed by atoms with van der Waals surface area (Å²) >= 11 is 0. The number of nitrogens with one attached hydrogen (secondary N) is 1. The summed E-state index contributed by atoms with van der Waals surface area (Å²) in [5, 5.41) is 5.07. The number of piperidine rings is 1. The van der Waals surface area contributed by atoms with Crippen molar-refractivity contribution in [3.8, 4) is 0 Å². The average Bonchev–Trinajstić information content (AvgIpc) is 3.09. The minimum Gasteiger partial charge on any atom is -0.348 e. The highest BCUT2D eigenvalue weighted by molar-refractivity contribution is 7.90. The van der Waals surface area contributed by atoms with Gasteiger partial charge in [0.05, 0.1) is 9.79 Å². The molecule has 1 aromatic carbocycles. The number of benzene rings is 1. The van der Waals surface area contributed by atoms with Gasteiger partial charge in [-0.15, -0.1) is 0 Å². The van der Waals surface area contributed by atoms with Gasteiger partial charge in [-0.25, -0.2) is 27.0 Å². The Kier molecular flexibility index (Phi) is 4.47. The van der Waals surface area contributed by atoms with Gasteiger partial charge in [0.1, 0.15) is 5.82 Å². The van der Waals surface area contributed by atoms with E-state index in [1.807, 2.05) is 0 Å². The van der Waals surface area contributed by atoms with Gasteiger partial charge in [0.15, 0.2) is 0 Å². The summed E-state index contributed by atoms with van der Waals surface area (Å²) in [5.41, 5.74) is 0. The van der Waals surface area contributed by atoms with E-state index in [1.165, 1.54) is 22.5 Å². The Labute approximate surface area is 140 Å². The van der Waals surface area contributed by atoms with Crippen LogP contribution in [0.15, 0.2) is 46.5 Å². The maximum absolute atomic E-state index is 12.7. The topological polar surface area (TPSA) is 126 Å². The molecule has 0 saturated carbocycles. The lowest BCUT2D eigenvalue weighted by molar-refractivity contribution is 0.314. The standard InChI is InChI=1S/C14H18N4O4S2/c15-23(19,20)12-2-1-3-13(10-12)24(21,22)18-8-4-11(5-9-18)14-16-6-7-17-14/h1-3,6-7,10-11H,4-5,8-9H2,(H,16,17)(H2,15,19,20). The fourth-order valence-corrected chi connectivity index (χ4v) is 4.98. The van der Waals surface area contributed by atoms with Gasteiger partial charge >= 0.3 is 0 Å². The normalized spacial score (nSPS) is 17.9. The van der Waals surface area contributed by atoms with E-state index in [4.69, 9.17) is 5.14 Å². The number of hydrogen-bond donors (Lipinski definition) is 2. The van der Waals surface area contributed by atoms with Gasteiger partial charge in [-0.1, -0.05) is 6.07 Å². The molecular formula is C14H18N4O4S2. The minimum absolute atomic E-state index is 0.0644. The van der Waals surface area contributed by atoms with E-state index >= 15 is 0 Å². The molecule has 0 spiro atoms. The molecule has 0 atom stereocenters. The van der Waals surface area contributed by atoms with Crippen molar-refractivity contribution in [2.45, 2.75) is 28.6 Å². The molecule has 1 saturated heterocycles. The molecule has 0 radical (unpaired) electrons. The lowest BCUT2D eigenvalue weighted by Crippen LogP contribution is -2.38. The van der Waals surface area contributed by atoms with E-state index < -0.39 is 20.0 Å². The number of primary sulfonamides is 1. The molecule has 0 unspecified atom stereocenters. The van der Waals surface area contributed by atoms with Gasteiger partial charge in [0.25, 0.3) is 0 Å². The second-order valence-corrected chi connectivity index (χ2v) is 9.17. The van der Waals surface area contributed by atoms with Gasteiger partial charge in [0, 0.05) is 31.4 Å². The molecule has 3 rings (SSSR count). The van der Waals surface area contributed by atoms with Crippen molar-refractivity contribution in [3.63, 3.8) is 0 Å². The number of nitrogens with zero attached hydrogens (tertiary/aromatic N) is 2. The molecule has 1 aromatic heterocycles. The van der Waals surface area contributed by atoms with E-state index in [2.05, 4.69) is 9.97 Å². The summed E-state index contributed by atoms with van der Waals surface area (Å²) in [7, 11) is -7.70. The van der Waals surface area contributed by atoms with Crippen LogP contribution < -0.4 is 5.14 Å². The van der Waals surface area contributed by atoms with Crippen molar-refractivity contribution in [2.75, 3.05) is 13.1 Å². The zero-order valence-electron chi connectivity index (χ0n) is 12.8. The molecule has 0 aliphatic carbocycles. The number of nitrogens with two attached hydrogens (primary N) is 1. The first-order valence-corrected chi connectivity index (χ1v) is 10.4. The Morgan fingerprint density at radius 3 is 2.38 bits per heavy atom. The van der Waals surface area contributed by atoms with Gasteiger partial charge < -0.3 is 4.98 Å². The molecule has 0 amide bonds. The van der Waals surface area contributed by atoms with E-state index in [-0.39, 0.29) is 15.7 Å². The van der Waals surface area contributed by atoms with Crippen molar-refractivity contribution in [3.05, 3.63) is 42.5 Å². The Balaban J connectivity index is 1.80. The van der Waals surface area contributed by atoms with Crippen LogP contribution in [0.4, 0.5) is 0 Å². The number of H-pyrrole nitrogens is 1. The molecule has 130 valence electrons. The predicted molar refractivity (Wildman–Crippen MR) is 87.1 cm³/mol. The van der Waals surface area contributed by atoms with Crippen LogP contribution in [-0.2, 0) is 20.0 Å². The van der Waals surface area contributed by atoms with Gasteiger partial charge in [-0.05, 0) is 31.0 Å². The maximum Gasteiger partial charge on any atom is 0.243 e. The molecular weight excluding hydrogens is 352 g/mol. The highest BCUT2D eigenvalue weighted by atomic mass is 32.2. The lowest BCUT2D eigenvalue weighted by atomic mass is 9.98. The van der Waals surface area contributed by atoms with Crippen molar-refractivity contribution in [1.82, 2.24) is 14.3 Å². The van der Waals surface area contributed by atoms with E-state index in [0.717, 1.165) is 11.9 Å². The van der Waals surface area contributed by atoms with E-state index in [0.29, 0.717) is 25.9 Å². The number of aromatic nitrogens is 2. The minimum atomic E-state index is -3.95. The molecule has 0 bridgehead atoms. The molecule has 8 nitrogen and oxygen atoms in total. The van der Waals surface area contributed by atoms with Crippen molar-refractivity contribution >= 4 is 20.0 Å². The Hall–Kier alpha value is -1.75. The molecule has 3 N–H and O–H groups in total. The zero-order chi connectivity index (χ0) is 17.4. The Morgan fingerprint density at radius 2 is 1.79 bits per heavy atom. The summed E-state index contributed by atoms with van der Waals surface area (Å²) in [4.78, 5) is 7.00. The smallest absolute Gasteiger partial charge is 0.243 e. The maximum atomic E-state index is 12.7. The van der Waals surface area contributed by atoms with Crippen LogP contribution in [0.2, 0.25) is 0 Å². The SMILES string of the molecule is NS(=O)(=O)c1cccc(S(=O)(=O)N2CCC(c3ncc[nH]3)CC2)c1. The number of rotatable bonds is 4. The largest absolute Gasteiger partial charge is 0.348 e. The monoisotopic (exact) mass is 370 g/mol. The van der Waals surface area contributed by atoms with Crippen molar-refractivity contribution < 1.29 is 16.8 Å². The van der Waals surface area contributed by atoms with Crippen LogP contribution in [0, 0.1) is 0 Å². The van der Waals surface area contributed by atoms with Crippen LogP contribution >= 0.6 is 0 Å². The summed E-state index contributed by atoms with van der Waals surface area (Å²) in [5.74, 6) is 1.06. The number of sulfonamides is 2. The summed E-state index contributed by atoms with van der Waals surface area (Å²) in [6.45, 7) is 0.709. The predicted octanol–water partition coefficient (Wildman–Crippen LogP) is 0.625. The quantitative estimate of drug-likeness (QED) is 0.816. The molecule has 10 heteroatoms. The number of hydrogen-bond acceptors (Lipinski definition) is 5. The average molecular weight is 370 g/mol. The highest BCUT2D eigenvalue weighted by Gasteiger charge is 2.31. The second-order valence-electron chi connectivity index (χ2n) is 5.67. The van der Waals surface area contributed by atoms with E-state index in [1.54, 1.807) is 12.4 Å². The van der Waals surface area contributed by atoms with Crippen LogP contribution in [0.1, 0.15) is 24.6 Å². The summed E-state index contributed by atoms with van der Waals surface area (Å²) in [6, 6.07) is 5.13. The number of aromatic amines is 1. The Bertz CT molecular complexity index is 915. The van der Waals surface area contributed by atoms with Gasteiger partial charge in [0.2, 0.25) is 20.0 Å². The fourth-order valence-electron chi connectivity index (χ4n) is 2.83. The highest BCUT2D eigenvalue weighted by Crippen LogP contribution is 2.29. The molecule has 24 heavy (non-hydrogen) atoms. The number of imidazole rings is 1. The third-order valence-electron chi connectivity index (χ3n) is 4.13. The fraction of sp³-hybridized carbons (Fsp3) is 0.357. The summed E-state index contributed by atoms with van der Waals surface area (Å²) in [6.07, 6.45) is 4.73. The Morgan fingerprint density at radius 1 is 1.12 bits per heavy atom. The molecule has 2 aromatic rings. The van der Waals surface area contributed by atoms with E-state index in [9.17, 15) is 16.8 Å². The third-order valence-corrected chi connectivity index (χ3v) is 6.94. The van der Waals surface area contributed by atoms with Crippen LogP contribution in [0.3, 0.4) is 0 Å². The lowest BCUT2D eigenvalue weighted by Gasteiger charge is -2.30. The van der Waals surface area contributed by atoms with Crippen LogP contribution in [-0.4, -0.2) is 44.2 Å².